The molecule has 2 aliphatic rings. The number of nitrogens with zero attached hydrogens (tertiary/aromatic N) is 1. The smallest absolute Gasteiger partial charge is 0.308 e. The van der Waals surface area contributed by atoms with Gasteiger partial charge in [0.1, 0.15) is 0 Å². The van der Waals surface area contributed by atoms with E-state index in [9.17, 15) is 13.2 Å². The molecule has 0 bridgehead atoms. The second kappa shape index (κ2) is 7.04. The SMILES string of the molecule is COC(=O)C1CCN(S(=O)(=O)NC2CCNC(C)C2)CC1. The number of piperidine rings is 2. The first-order valence-corrected chi connectivity index (χ1v) is 8.95. The Bertz CT molecular complexity index is 460. The van der Waals surface area contributed by atoms with Gasteiger partial charge in [0.15, 0.2) is 0 Å². The van der Waals surface area contributed by atoms with E-state index in [1.54, 1.807) is 0 Å². The van der Waals surface area contributed by atoms with Crippen molar-refractivity contribution >= 4 is 16.2 Å². The quantitative estimate of drug-likeness (QED) is 0.704. The Balaban J connectivity index is 1.87. The van der Waals surface area contributed by atoms with Gasteiger partial charge in [0.2, 0.25) is 0 Å². The average Bonchev–Trinajstić information content (AvgIpc) is 2.46. The standard InChI is InChI=1S/C13H25N3O4S/c1-10-9-12(3-6-14-10)15-21(18,19)16-7-4-11(5-8-16)13(17)20-2/h10-12,14-15H,3-9H2,1-2H3. The van der Waals surface area contributed by atoms with Crippen LogP contribution in [0, 0.1) is 5.92 Å². The summed E-state index contributed by atoms with van der Waals surface area (Å²) in [5.41, 5.74) is 0. The van der Waals surface area contributed by atoms with Gasteiger partial charge in [0.25, 0.3) is 10.2 Å². The highest BCUT2D eigenvalue weighted by molar-refractivity contribution is 7.87. The molecule has 0 amide bonds. The summed E-state index contributed by atoms with van der Waals surface area (Å²) in [5, 5.41) is 3.30. The number of esters is 1. The molecule has 21 heavy (non-hydrogen) atoms. The topological polar surface area (TPSA) is 87.7 Å². The van der Waals surface area contributed by atoms with Crippen molar-refractivity contribution in [1.29, 1.82) is 0 Å². The third-order valence-corrected chi connectivity index (χ3v) is 5.94. The Hall–Kier alpha value is -0.700. The van der Waals surface area contributed by atoms with Crippen molar-refractivity contribution < 1.29 is 17.9 Å². The average molecular weight is 319 g/mol. The molecule has 0 aromatic carbocycles. The number of ether oxygens (including phenoxy) is 1. The van der Waals surface area contributed by atoms with Crippen molar-refractivity contribution in [3.05, 3.63) is 0 Å². The van der Waals surface area contributed by atoms with Crippen molar-refractivity contribution in [3.63, 3.8) is 0 Å². The maximum atomic E-state index is 12.4. The number of rotatable bonds is 4. The zero-order valence-electron chi connectivity index (χ0n) is 12.7. The van der Waals surface area contributed by atoms with Gasteiger partial charge in [0, 0.05) is 25.2 Å². The van der Waals surface area contributed by atoms with E-state index in [1.807, 2.05) is 0 Å². The van der Waals surface area contributed by atoms with Crippen molar-refractivity contribution in [3.8, 4) is 0 Å². The van der Waals surface area contributed by atoms with E-state index in [1.165, 1.54) is 11.4 Å². The van der Waals surface area contributed by atoms with Gasteiger partial charge in [-0.15, -0.1) is 0 Å². The lowest BCUT2D eigenvalue weighted by Crippen LogP contribution is -2.52. The molecule has 0 radical (unpaired) electrons. The molecule has 0 aromatic heterocycles. The van der Waals surface area contributed by atoms with Crippen LogP contribution in [-0.2, 0) is 19.7 Å². The van der Waals surface area contributed by atoms with Crippen LogP contribution in [0.2, 0.25) is 0 Å². The molecular formula is C13H25N3O4S. The van der Waals surface area contributed by atoms with Crippen molar-refractivity contribution in [1.82, 2.24) is 14.3 Å². The maximum absolute atomic E-state index is 12.4. The third-order valence-electron chi connectivity index (χ3n) is 4.27. The number of hydrogen-bond donors (Lipinski definition) is 2. The maximum Gasteiger partial charge on any atom is 0.308 e. The van der Waals surface area contributed by atoms with Crippen LogP contribution in [0.4, 0.5) is 0 Å². The van der Waals surface area contributed by atoms with Gasteiger partial charge >= 0.3 is 5.97 Å². The molecule has 2 atom stereocenters. The lowest BCUT2D eigenvalue weighted by Gasteiger charge is -2.33. The summed E-state index contributed by atoms with van der Waals surface area (Å²) in [5.74, 6) is -0.424. The van der Waals surface area contributed by atoms with Crippen LogP contribution in [0.15, 0.2) is 0 Å². The molecule has 2 unspecified atom stereocenters. The summed E-state index contributed by atoms with van der Waals surface area (Å²) in [4.78, 5) is 11.5. The fourth-order valence-electron chi connectivity index (χ4n) is 3.02. The van der Waals surface area contributed by atoms with Crippen molar-refractivity contribution in [2.24, 2.45) is 5.92 Å². The first-order chi connectivity index (χ1) is 9.92. The van der Waals surface area contributed by atoms with Gasteiger partial charge in [-0.1, -0.05) is 0 Å². The predicted octanol–water partition coefficient (Wildman–Crippen LogP) is -0.154. The van der Waals surface area contributed by atoms with Crippen LogP contribution in [-0.4, -0.2) is 57.5 Å². The van der Waals surface area contributed by atoms with Crippen LogP contribution in [0.5, 0.6) is 0 Å². The summed E-state index contributed by atoms with van der Waals surface area (Å²) in [6.45, 7) is 3.63. The Morgan fingerprint density at radius 1 is 1.29 bits per heavy atom. The first-order valence-electron chi connectivity index (χ1n) is 7.51. The Morgan fingerprint density at radius 2 is 1.95 bits per heavy atom. The molecule has 2 aliphatic heterocycles. The Kier molecular flexibility index (Phi) is 5.59. The summed E-state index contributed by atoms with van der Waals surface area (Å²) in [7, 11) is -2.09. The zero-order valence-corrected chi connectivity index (χ0v) is 13.5. The number of nitrogens with one attached hydrogen (secondary N) is 2. The second-order valence-corrected chi connectivity index (χ2v) is 7.60. The molecule has 8 heteroatoms. The van der Waals surface area contributed by atoms with Gasteiger partial charge in [-0.05, 0) is 39.2 Å². The minimum absolute atomic E-state index is 0.00965. The van der Waals surface area contributed by atoms with Gasteiger partial charge in [0.05, 0.1) is 13.0 Å². The zero-order chi connectivity index (χ0) is 15.5. The molecule has 2 fully saturated rings. The van der Waals surface area contributed by atoms with E-state index in [2.05, 4.69) is 17.0 Å². The van der Waals surface area contributed by atoms with Gasteiger partial charge in [-0.2, -0.15) is 17.4 Å². The predicted molar refractivity (Wildman–Crippen MR) is 78.9 cm³/mol. The monoisotopic (exact) mass is 319 g/mol. The van der Waals surface area contributed by atoms with E-state index in [4.69, 9.17) is 4.74 Å². The summed E-state index contributed by atoms with van der Waals surface area (Å²) >= 11 is 0. The molecule has 0 saturated carbocycles. The lowest BCUT2D eigenvalue weighted by atomic mass is 9.99. The normalized spacial score (nSPS) is 29.2. The van der Waals surface area contributed by atoms with E-state index in [-0.39, 0.29) is 17.9 Å². The third kappa shape index (κ3) is 4.38. The van der Waals surface area contributed by atoms with Crippen LogP contribution in [0.3, 0.4) is 0 Å². The van der Waals surface area contributed by atoms with Gasteiger partial charge in [-0.3, -0.25) is 4.79 Å². The molecule has 2 N–H and O–H groups in total. The van der Waals surface area contributed by atoms with Crippen LogP contribution in [0.25, 0.3) is 0 Å². The molecule has 7 nitrogen and oxygen atoms in total. The highest BCUT2D eigenvalue weighted by atomic mass is 32.2. The molecule has 2 saturated heterocycles. The second-order valence-electron chi connectivity index (χ2n) is 5.90. The highest BCUT2D eigenvalue weighted by Crippen LogP contribution is 2.21. The fourth-order valence-corrected chi connectivity index (χ4v) is 4.50. The summed E-state index contributed by atoms with van der Waals surface area (Å²) < 4.78 is 33.7. The van der Waals surface area contributed by atoms with Gasteiger partial charge < -0.3 is 10.1 Å². The molecule has 0 spiro atoms. The van der Waals surface area contributed by atoms with E-state index >= 15 is 0 Å². The molecule has 0 aromatic rings. The molecule has 2 rings (SSSR count). The number of hydrogen-bond acceptors (Lipinski definition) is 5. The molecule has 0 aliphatic carbocycles. The van der Waals surface area contributed by atoms with Crippen molar-refractivity contribution in [2.45, 2.75) is 44.7 Å². The minimum atomic E-state index is -3.46. The fraction of sp³-hybridized carbons (Fsp3) is 0.923. The molecule has 2 heterocycles. The molecule has 122 valence electrons. The first kappa shape index (κ1) is 16.7. The number of methoxy groups -OCH3 is 1. The lowest BCUT2D eigenvalue weighted by molar-refractivity contribution is -0.146. The minimum Gasteiger partial charge on any atom is -0.469 e. The number of carbonyl (C=O) groups is 1. The van der Waals surface area contributed by atoms with Crippen LogP contribution >= 0.6 is 0 Å². The Morgan fingerprint density at radius 3 is 2.52 bits per heavy atom. The Labute approximate surface area is 126 Å². The van der Waals surface area contributed by atoms with Crippen LogP contribution in [0.1, 0.15) is 32.6 Å². The summed E-state index contributed by atoms with van der Waals surface area (Å²) in [6.07, 6.45) is 2.66. The van der Waals surface area contributed by atoms with Crippen LogP contribution < -0.4 is 10.0 Å². The van der Waals surface area contributed by atoms with E-state index < -0.39 is 10.2 Å². The number of carbonyl (C=O) groups excluding carboxylic acids is 1. The van der Waals surface area contributed by atoms with E-state index in [0.717, 1.165) is 19.4 Å². The van der Waals surface area contributed by atoms with E-state index in [0.29, 0.717) is 32.0 Å². The van der Waals surface area contributed by atoms with Crippen molar-refractivity contribution in [2.75, 3.05) is 26.7 Å². The largest absolute Gasteiger partial charge is 0.469 e. The highest BCUT2D eigenvalue weighted by Gasteiger charge is 2.33. The summed E-state index contributed by atoms with van der Waals surface area (Å²) in [6, 6.07) is 0.320. The molecular weight excluding hydrogens is 294 g/mol. The van der Waals surface area contributed by atoms with Gasteiger partial charge in [-0.25, -0.2) is 0 Å².